The summed E-state index contributed by atoms with van der Waals surface area (Å²) in [7, 11) is 0. The number of hydrogen-bond donors (Lipinski definition) is 3. The van der Waals surface area contributed by atoms with Gasteiger partial charge in [0.05, 0.1) is 25.4 Å². The summed E-state index contributed by atoms with van der Waals surface area (Å²) in [5.41, 5.74) is 0. The van der Waals surface area contributed by atoms with Crippen molar-refractivity contribution in [2.45, 2.75) is 309 Å². The molecule has 0 spiro atoms. The first-order chi connectivity index (χ1) is 30.5. The number of allylic oxidation sites excluding steroid dienone is 3. The average Bonchev–Trinajstić information content (AvgIpc) is 3.27. The monoisotopic (exact) mass is 874 g/mol. The van der Waals surface area contributed by atoms with Crippen LogP contribution in [0.1, 0.15) is 296 Å². The van der Waals surface area contributed by atoms with Crippen LogP contribution in [0.5, 0.6) is 0 Å². The first-order valence-corrected chi connectivity index (χ1v) is 27.6. The number of carbonyl (C=O) groups is 2. The fraction of sp³-hybridized carbons (Fsp3) is 0.893. The van der Waals surface area contributed by atoms with Gasteiger partial charge in [0.25, 0.3) is 0 Å². The number of aliphatic hydroxyl groups excluding tert-OH is 2. The minimum Gasteiger partial charge on any atom is -0.466 e. The van der Waals surface area contributed by atoms with Crippen LogP contribution in [0.2, 0.25) is 0 Å². The summed E-state index contributed by atoms with van der Waals surface area (Å²) in [6, 6.07) is -0.665. The van der Waals surface area contributed by atoms with Crippen LogP contribution < -0.4 is 5.32 Å². The number of rotatable bonds is 51. The van der Waals surface area contributed by atoms with Gasteiger partial charge in [-0.1, -0.05) is 256 Å². The average molecular weight is 874 g/mol. The van der Waals surface area contributed by atoms with Crippen LogP contribution in [0, 0.1) is 0 Å². The Balaban J connectivity index is 3.55. The maximum atomic E-state index is 12.4. The highest BCUT2D eigenvalue weighted by molar-refractivity contribution is 5.76. The van der Waals surface area contributed by atoms with E-state index in [1.807, 2.05) is 6.08 Å². The summed E-state index contributed by atoms with van der Waals surface area (Å²) >= 11 is 0. The number of unbranched alkanes of at least 4 members (excludes halogenated alkanes) is 38. The van der Waals surface area contributed by atoms with Crippen molar-refractivity contribution in [2.24, 2.45) is 0 Å². The van der Waals surface area contributed by atoms with E-state index in [0.29, 0.717) is 19.4 Å². The maximum Gasteiger partial charge on any atom is 0.305 e. The molecule has 0 saturated heterocycles. The summed E-state index contributed by atoms with van der Waals surface area (Å²) in [6.45, 7) is 4.83. The minimum atomic E-state index is -0.875. The summed E-state index contributed by atoms with van der Waals surface area (Å²) < 4.78 is 5.44. The molecule has 2 unspecified atom stereocenters. The number of esters is 1. The lowest BCUT2D eigenvalue weighted by Gasteiger charge is -2.19. The van der Waals surface area contributed by atoms with Gasteiger partial charge in [-0.2, -0.15) is 0 Å². The molecule has 0 aromatic heterocycles. The second-order valence-electron chi connectivity index (χ2n) is 18.9. The molecule has 0 aliphatic carbocycles. The van der Waals surface area contributed by atoms with Crippen molar-refractivity contribution in [1.82, 2.24) is 5.32 Å². The quantitative estimate of drug-likeness (QED) is 0.0321. The largest absolute Gasteiger partial charge is 0.466 e. The third-order valence-corrected chi connectivity index (χ3v) is 12.7. The van der Waals surface area contributed by atoms with E-state index >= 15 is 0 Å². The molecule has 0 heterocycles. The molecule has 0 aromatic rings. The maximum absolute atomic E-state index is 12.4. The predicted molar refractivity (Wildman–Crippen MR) is 269 cm³/mol. The predicted octanol–water partition coefficient (Wildman–Crippen LogP) is 16.7. The molecule has 6 nitrogen and oxygen atoms in total. The van der Waals surface area contributed by atoms with Crippen LogP contribution in [0.3, 0.4) is 0 Å². The van der Waals surface area contributed by atoms with Gasteiger partial charge in [-0.3, -0.25) is 9.59 Å². The molecule has 366 valence electrons. The van der Waals surface area contributed by atoms with Crippen molar-refractivity contribution >= 4 is 11.9 Å². The molecule has 0 saturated carbocycles. The number of amides is 1. The molecular weight excluding hydrogens is 767 g/mol. The van der Waals surface area contributed by atoms with Gasteiger partial charge in [0.1, 0.15) is 0 Å². The second kappa shape index (κ2) is 52.0. The Hall–Kier alpha value is -1.66. The summed E-state index contributed by atoms with van der Waals surface area (Å²) in [4.78, 5) is 24.5. The highest BCUT2D eigenvalue weighted by atomic mass is 16.5. The third-order valence-electron chi connectivity index (χ3n) is 12.7. The highest BCUT2D eigenvalue weighted by Crippen LogP contribution is 2.17. The van der Waals surface area contributed by atoms with E-state index in [2.05, 4.69) is 31.3 Å². The van der Waals surface area contributed by atoms with Crippen LogP contribution in [0.4, 0.5) is 0 Å². The smallest absolute Gasteiger partial charge is 0.305 e. The van der Waals surface area contributed by atoms with E-state index in [9.17, 15) is 19.8 Å². The topological polar surface area (TPSA) is 95.9 Å². The standard InChI is InChI=1S/C56H107NO5/c1-3-5-7-9-11-13-15-17-19-20-21-22-23-24-26-27-29-32-36-40-44-48-54(59)53(52-58)57-55(60)49-45-41-37-33-31-35-39-43-47-51-62-56(61)50-46-42-38-34-30-28-25-18-16-14-12-10-8-6-4-2/h33,37,44,48,53-54,58-59H,3-32,34-36,38-43,45-47,49-52H2,1-2H3,(H,57,60)/b37-33-,48-44+. The molecule has 0 aliphatic heterocycles. The summed E-state index contributed by atoms with van der Waals surface area (Å²) in [5.74, 6) is -0.160. The first-order valence-electron chi connectivity index (χ1n) is 27.6. The number of hydrogen-bond acceptors (Lipinski definition) is 5. The van der Waals surface area contributed by atoms with Crippen LogP contribution in [0.25, 0.3) is 0 Å². The zero-order valence-corrected chi connectivity index (χ0v) is 41.6. The van der Waals surface area contributed by atoms with E-state index in [4.69, 9.17) is 4.74 Å². The van der Waals surface area contributed by atoms with Crippen molar-refractivity contribution in [3.8, 4) is 0 Å². The van der Waals surface area contributed by atoms with Crippen LogP contribution in [-0.4, -0.2) is 47.4 Å². The molecule has 0 aliphatic rings. The van der Waals surface area contributed by atoms with E-state index in [0.717, 1.165) is 70.6 Å². The van der Waals surface area contributed by atoms with Gasteiger partial charge in [0.15, 0.2) is 0 Å². The van der Waals surface area contributed by atoms with E-state index < -0.39 is 12.1 Å². The van der Waals surface area contributed by atoms with Gasteiger partial charge in [0.2, 0.25) is 5.91 Å². The molecule has 3 N–H and O–H groups in total. The zero-order valence-electron chi connectivity index (χ0n) is 41.6. The highest BCUT2D eigenvalue weighted by Gasteiger charge is 2.18. The van der Waals surface area contributed by atoms with Gasteiger partial charge < -0.3 is 20.3 Å². The van der Waals surface area contributed by atoms with Gasteiger partial charge in [0, 0.05) is 12.8 Å². The van der Waals surface area contributed by atoms with Crippen molar-refractivity contribution < 1.29 is 24.5 Å². The fourth-order valence-electron chi connectivity index (χ4n) is 8.46. The number of ether oxygens (including phenoxy) is 1. The molecular formula is C56H107NO5. The van der Waals surface area contributed by atoms with E-state index in [-0.39, 0.29) is 18.5 Å². The van der Waals surface area contributed by atoms with Crippen LogP contribution in [-0.2, 0) is 14.3 Å². The lowest BCUT2D eigenvalue weighted by atomic mass is 10.0. The fourth-order valence-corrected chi connectivity index (χ4v) is 8.46. The molecule has 0 aromatic carbocycles. The summed E-state index contributed by atoms with van der Waals surface area (Å²) in [5, 5.41) is 23.1. The zero-order chi connectivity index (χ0) is 45.1. The van der Waals surface area contributed by atoms with E-state index in [1.54, 1.807) is 6.08 Å². The summed E-state index contributed by atoms with van der Waals surface area (Å²) in [6.07, 6.45) is 62.0. The van der Waals surface area contributed by atoms with Crippen molar-refractivity contribution in [1.29, 1.82) is 0 Å². The van der Waals surface area contributed by atoms with Crippen molar-refractivity contribution in [3.05, 3.63) is 24.3 Å². The van der Waals surface area contributed by atoms with Gasteiger partial charge in [-0.15, -0.1) is 0 Å². The molecule has 0 radical (unpaired) electrons. The van der Waals surface area contributed by atoms with Crippen LogP contribution in [0.15, 0.2) is 24.3 Å². The number of carbonyl (C=O) groups excluding carboxylic acids is 2. The molecule has 1 amide bonds. The lowest BCUT2D eigenvalue weighted by molar-refractivity contribution is -0.143. The Morgan fingerprint density at radius 2 is 0.774 bits per heavy atom. The Morgan fingerprint density at radius 1 is 0.435 bits per heavy atom. The lowest BCUT2D eigenvalue weighted by Crippen LogP contribution is -2.45. The Labute approximate surface area is 386 Å². The van der Waals surface area contributed by atoms with Gasteiger partial charge >= 0.3 is 5.97 Å². The normalized spacial score (nSPS) is 12.8. The van der Waals surface area contributed by atoms with Crippen molar-refractivity contribution in [3.63, 3.8) is 0 Å². The SMILES string of the molecule is CCCCCCCCCCCCCCCCCCCCC/C=C/C(O)C(CO)NC(=O)CCC/C=C\CCCCCCOC(=O)CCCCCCCCCCCCCCCCC. The first kappa shape index (κ1) is 60.3. The van der Waals surface area contributed by atoms with Crippen molar-refractivity contribution in [2.75, 3.05) is 13.2 Å². The Kier molecular flexibility index (Phi) is 50.6. The van der Waals surface area contributed by atoms with Gasteiger partial charge in [-0.05, 0) is 51.4 Å². The molecule has 62 heavy (non-hydrogen) atoms. The second-order valence-corrected chi connectivity index (χ2v) is 18.9. The van der Waals surface area contributed by atoms with Crippen LogP contribution >= 0.6 is 0 Å². The Morgan fingerprint density at radius 3 is 1.18 bits per heavy atom. The molecule has 0 rings (SSSR count). The molecule has 0 bridgehead atoms. The molecule has 6 heteroatoms. The number of nitrogens with one attached hydrogen (secondary N) is 1. The molecule has 2 atom stereocenters. The third kappa shape index (κ3) is 47.8. The van der Waals surface area contributed by atoms with E-state index in [1.165, 1.54) is 199 Å². The minimum absolute atomic E-state index is 0.0347. The molecule has 0 fully saturated rings. The Bertz CT molecular complexity index is 966. The number of aliphatic hydroxyl groups is 2. The van der Waals surface area contributed by atoms with Gasteiger partial charge in [-0.25, -0.2) is 0 Å².